The van der Waals surface area contributed by atoms with Crippen molar-refractivity contribution in [2.75, 3.05) is 14.2 Å². The highest BCUT2D eigenvalue weighted by Gasteiger charge is 2.25. The molecule has 0 aromatic carbocycles. The monoisotopic (exact) mass is 799 g/mol. The van der Waals surface area contributed by atoms with Gasteiger partial charge in [-0.1, -0.05) is 116 Å². The molecule has 7 aliphatic rings. The highest BCUT2D eigenvalue weighted by atomic mass is 16.5. The number of ketones is 2. The van der Waals surface area contributed by atoms with Gasteiger partial charge in [0.15, 0.2) is 0 Å². The summed E-state index contributed by atoms with van der Waals surface area (Å²) in [5.74, 6) is 5.74. The maximum Gasteiger partial charge on any atom is 0.132 e. The minimum Gasteiger partial charge on any atom is -0.382 e. The highest BCUT2D eigenvalue weighted by molar-refractivity contribution is 5.78. The summed E-state index contributed by atoms with van der Waals surface area (Å²) in [6.45, 7) is 20.1. The summed E-state index contributed by atoms with van der Waals surface area (Å²) in [5, 5.41) is 0. The van der Waals surface area contributed by atoms with Crippen LogP contribution in [0.15, 0.2) is 48.6 Å². The third kappa shape index (κ3) is 42.2. The Balaban J connectivity index is 0. The molecule has 0 heterocycles. The van der Waals surface area contributed by atoms with E-state index in [1.807, 2.05) is 41.5 Å². The van der Waals surface area contributed by atoms with Crippen molar-refractivity contribution in [1.82, 2.24) is 0 Å². The van der Waals surface area contributed by atoms with E-state index in [2.05, 4.69) is 76.3 Å². The fraction of sp³-hybridized carbons (Fsp3) is 0.811. The van der Waals surface area contributed by atoms with Crippen molar-refractivity contribution < 1.29 is 19.1 Å². The van der Waals surface area contributed by atoms with E-state index in [9.17, 15) is 9.59 Å². The number of fused-ring (bicyclic) bond motifs is 4. The van der Waals surface area contributed by atoms with E-state index < -0.39 is 0 Å². The zero-order chi connectivity index (χ0) is 43.1. The van der Waals surface area contributed by atoms with Crippen LogP contribution in [0.1, 0.15) is 217 Å². The summed E-state index contributed by atoms with van der Waals surface area (Å²) < 4.78 is 9.50. The molecular weight excluding hydrogens is 701 g/mol. The molecule has 7 rings (SSSR count). The van der Waals surface area contributed by atoms with Crippen LogP contribution in [0.5, 0.6) is 0 Å². The van der Waals surface area contributed by atoms with E-state index in [1.165, 1.54) is 122 Å². The zero-order valence-electron chi connectivity index (χ0n) is 40.1. The second-order valence-electron chi connectivity index (χ2n) is 18.3. The molecule has 4 heteroatoms. The van der Waals surface area contributed by atoms with Gasteiger partial charge in [-0.3, -0.25) is 9.59 Å². The number of allylic oxidation sites excluding steroid dienone is 8. The summed E-state index contributed by atoms with van der Waals surface area (Å²) >= 11 is 0. The first-order valence-corrected chi connectivity index (χ1v) is 24.0. The maximum absolute atomic E-state index is 10.6. The summed E-state index contributed by atoms with van der Waals surface area (Å²) in [6, 6.07) is 0. The average Bonchev–Trinajstić information content (AvgIpc) is 3.83. The van der Waals surface area contributed by atoms with E-state index in [4.69, 9.17) is 9.47 Å². The Labute approximate surface area is 357 Å². The Morgan fingerprint density at radius 2 is 0.702 bits per heavy atom. The Morgan fingerprint density at radius 1 is 0.456 bits per heavy atom. The predicted octanol–water partition coefficient (Wildman–Crippen LogP) is 16.2. The molecular formula is C53H98O4. The van der Waals surface area contributed by atoms with Gasteiger partial charge < -0.3 is 9.47 Å². The number of methoxy groups -OCH3 is 2. The smallest absolute Gasteiger partial charge is 0.132 e. The van der Waals surface area contributed by atoms with Gasteiger partial charge >= 0.3 is 0 Å². The maximum atomic E-state index is 10.6. The lowest BCUT2D eigenvalue weighted by Gasteiger charge is -2.29. The van der Waals surface area contributed by atoms with Crippen molar-refractivity contribution in [2.45, 2.75) is 229 Å². The number of hydrogen-bond donors (Lipinski definition) is 0. The molecule has 2 fully saturated rings. The second-order valence-corrected chi connectivity index (χ2v) is 18.3. The van der Waals surface area contributed by atoms with Crippen LogP contribution in [-0.4, -0.2) is 38.0 Å². The molecule has 4 bridgehead atoms. The van der Waals surface area contributed by atoms with Crippen molar-refractivity contribution in [1.29, 1.82) is 0 Å². The van der Waals surface area contributed by atoms with Crippen LogP contribution in [0.25, 0.3) is 0 Å². The first-order chi connectivity index (χ1) is 27.3. The van der Waals surface area contributed by atoms with Gasteiger partial charge in [-0.2, -0.15) is 0 Å². The highest BCUT2D eigenvalue weighted by Crippen LogP contribution is 2.38. The standard InChI is InChI=1S/C8H12.2C8H14.2C7H14O.C7H10.2C4H10O/c1-2-8-5-3-7(1)4-6-8;2*1-2-4-6-8-7-5-3-1;2*1-4-7(8)5-6(2)3;1-2-7-4-3-6(1)5-7;2*1-4(2)5-3/h1-2,7-8H,3-6H2;2*1-2H,3-8H2;2*6H,4-5H2,1-3H3;1-2,6-7H,3-5H2;2*4H,1-3H3. The Kier molecular flexibility index (Phi) is 41.2. The normalized spacial score (nSPS) is 22.3. The molecule has 0 aromatic rings. The lowest BCUT2D eigenvalue weighted by Crippen LogP contribution is -2.16. The van der Waals surface area contributed by atoms with E-state index in [-0.39, 0.29) is 0 Å². The Bertz CT molecular complexity index is 910. The van der Waals surface area contributed by atoms with Crippen LogP contribution in [0, 0.1) is 35.5 Å². The third-order valence-electron chi connectivity index (χ3n) is 11.0. The molecule has 0 N–H and O–H groups in total. The lowest BCUT2D eigenvalue weighted by molar-refractivity contribution is -0.120. The van der Waals surface area contributed by atoms with Gasteiger partial charge in [-0.15, -0.1) is 0 Å². The first kappa shape index (κ1) is 57.3. The molecule has 0 saturated heterocycles. The van der Waals surface area contributed by atoms with Gasteiger partial charge in [0.1, 0.15) is 11.6 Å². The number of hydrogen-bond acceptors (Lipinski definition) is 4. The van der Waals surface area contributed by atoms with Crippen LogP contribution in [0.4, 0.5) is 0 Å². The van der Waals surface area contributed by atoms with Crippen LogP contribution in [0.3, 0.4) is 0 Å². The van der Waals surface area contributed by atoms with Gasteiger partial charge in [0.25, 0.3) is 0 Å². The van der Waals surface area contributed by atoms with Crippen molar-refractivity contribution in [3.63, 3.8) is 0 Å². The van der Waals surface area contributed by atoms with Gasteiger partial charge in [-0.25, -0.2) is 0 Å². The third-order valence-corrected chi connectivity index (χ3v) is 11.0. The molecule has 2 atom stereocenters. The fourth-order valence-electron chi connectivity index (χ4n) is 6.99. The average molecular weight is 799 g/mol. The summed E-state index contributed by atoms with van der Waals surface area (Å²) in [4.78, 5) is 21.2. The quantitative estimate of drug-likeness (QED) is 0.230. The molecule has 0 aromatic heterocycles. The minimum absolute atomic E-state index is 0.375. The lowest BCUT2D eigenvalue weighted by atomic mass is 9.76. The SMILES string of the molecule is C1=CC2CCC1C2.C1=CC2CCC1CC2.C1=CCCCCCC1.C1=CCCCCCC1.CCC(=O)CC(C)C.CCC(=O)CC(C)C.COC(C)C.COC(C)C. The van der Waals surface area contributed by atoms with Gasteiger partial charge in [-0.05, 0) is 160 Å². The molecule has 0 radical (unpaired) electrons. The first-order valence-electron chi connectivity index (χ1n) is 24.0. The molecule has 2 saturated carbocycles. The Morgan fingerprint density at radius 3 is 0.825 bits per heavy atom. The second kappa shape index (κ2) is 41.0. The summed E-state index contributed by atoms with van der Waals surface area (Å²) in [7, 11) is 3.40. The molecule has 57 heavy (non-hydrogen) atoms. The van der Waals surface area contributed by atoms with Crippen LogP contribution in [-0.2, 0) is 19.1 Å². The number of carbonyl (C=O) groups is 2. The number of Topliss-reactive ketones (excluding diaryl/α,β-unsaturated/α-hetero) is 2. The van der Waals surface area contributed by atoms with E-state index >= 15 is 0 Å². The number of rotatable bonds is 8. The largest absolute Gasteiger partial charge is 0.382 e. The topological polar surface area (TPSA) is 52.6 Å². The van der Waals surface area contributed by atoms with Crippen molar-refractivity contribution >= 4 is 11.6 Å². The van der Waals surface area contributed by atoms with Gasteiger partial charge in [0.2, 0.25) is 0 Å². The summed E-state index contributed by atoms with van der Waals surface area (Å²) in [6.07, 6.45) is 49.6. The number of carbonyl (C=O) groups excluding carboxylic acids is 2. The Hall–Kier alpha value is -1.78. The van der Waals surface area contributed by atoms with Crippen molar-refractivity contribution in [2.24, 2.45) is 35.5 Å². The van der Waals surface area contributed by atoms with Crippen LogP contribution < -0.4 is 0 Å². The molecule has 4 nitrogen and oxygen atoms in total. The van der Waals surface area contributed by atoms with E-state index in [0.717, 1.165) is 36.5 Å². The number of ether oxygens (including phenoxy) is 2. The zero-order valence-corrected chi connectivity index (χ0v) is 40.1. The molecule has 0 aliphatic heterocycles. The molecule has 0 spiro atoms. The van der Waals surface area contributed by atoms with E-state index in [1.54, 1.807) is 14.2 Å². The van der Waals surface area contributed by atoms with Gasteiger partial charge in [0, 0.05) is 39.9 Å². The minimum atomic E-state index is 0.375. The van der Waals surface area contributed by atoms with Crippen LogP contribution in [0.2, 0.25) is 0 Å². The van der Waals surface area contributed by atoms with Crippen molar-refractivity contribution in [3.8, 4) is 0 Å². The van der Waals surface area contributed by atoms with Gasteiger partial charge in [0.05, 0.1) is 12.2 Å². The fourth-order valence-corrected chi connectivity index (χ4v) is 6.99. The van der Waals surface area contributed by atoms with Crippen LogP contribution >= 0.6 is 0 Å². The molecule has 0 amide bonds. The molecule has 7 aliphatic carbocycles. The molecule has 334 valence electrons. The summed E-state index contributed by atoms with van der Waals surface area (Å²) in [5.41, 5.74) is 0. The van der Waals surface area contributed by atoms with E-state index in [0.29, 0.717) is 48.5 Å². The molecule has 2 unspecified atom stereocenters. The van der Waals surface area contributed by atoms with Crippen molar-refractivity contribution in [3.05, 3.63) is 48.6 Å². The predicted molar refractivity (Wildman–Crippen MR) is 252 cm³/mol.